The maximum atomic E-state index is 13.5. The Morgan fingerprint density at radius 1 is 0.676 bits per heavy atom. The molecule has 188 valence electrons. The number of methoxy groups -OCH3 is 2. The van der Waals surface area contributed by atoms with Gasteiger partial charge in [-0.15, -0.1) is 0 Å². The molecule has 0 N–H and O–H groups in total. The van der Waals surface area contributed by atoms with Crippen LogP contribution in [0.25, 0.3) is 0 Å². The van der Waals surface area contributed by atoms with Crippen LogP contribution in [0.3, 0.4) is 0 Å². The highest BCUT2D eigenvalue weighted by Gasteiger charge is 2.17. The Bertz CT molecular complexity index is 1320. The molecule has 0 aromatic heterocycles. The smallest absolute Gasteiger partial charge is 0.337 e. The van der Waals surface area contributed by atoms with Crippen LogP contribution in [-0.2, 0) is 17.7 Å². The van der Waals surface area contributed by atoms with Gasteiger partial charge in [-0.05, 0) is 66.1 Å². The standard InChI is InChI=1S/C31H29NO5/c1-35-28-9-6-10-29(21-28)37-27-17-15-25(16-18-27)30(33)32(20-19-23-7-4-3-5-8-23)22-24-11-13-26(14-12-24)31(34)36-2/h3-18,21H,19-20,22H2,1-2H3. The van der Waals surface area contributed by atoms with E-state index >= 15 is 0 Å². The molecule has 6 nitrogen and oxygen atoms in total. The fourth-order valence-corrected chi connectivity index (χ4v) is 3.89. The van der Waals surface area contributed by atoms with E-state index in [2.05, 4.69) is 12.1 Å². The van der Waals surface area contributed by atoms with E-state index in [0.717, 1.165) is 17.5 Å². The maximum absolute atomic E-state index is 13.5. The van der Waals surface area contributed by atoms with Gasteiger partial charge in [0, 0.05) is 24.7 Å². The van der Waals surface area contributed by atoms with Crippen LogP contribution in [0.1, 0.15) is 31.8 Å². The summed E-state index contributed by atoms with van der Waals surface area (Å²) in [4.78, 5) is 27.1. The Kier molecular flexibility index (Phi) is 8.55. The first kappa shape index (κ1) is 25.5. The molecule has 1 amide bonds. The van der Waals surface area contributed by atoms with Crippen molar-refractivity contribution in [3.63, 3.8) is 0 Å². The molecule has 0 aliphatic rings. The van der Waals surface area contributed by atoms with Gasteiger partial charge in [-0.2, -0.15) is 0 Å². The largest absolute Gasteiger partial charge is 0.497 e. The number of ether oxygens (including phenoxy) is 3. The van der Waals surface area contributed by atoms with E-state index in [4.69, 9.17) is 14.2 Å². The highest BCUT2D eigenvalue weighted by Crippen LogP contribution is 2.25. The zero-order chi connectivity index (χ0) is 26.0. The number of carbonyl (C=O) groups excluding carboxylic acids is 2. The molecule has 0 aliphatic carbocycles. The van der Waals surface area contributed by atoms with Crippen molar-refractivity contribution in [2.75, 3.05) is 20.8 Å². The van der Waals surface area contributed by atoms with Crippen LogP contribution in [0, 0.1) is 0 Å². The number of esters is 1. The Morgan fingerprint density at radius 2 is 1.35 bits per heavy atom. The quantitative estimate of drug-likeness (QED) is 0.247. The SMILES string of the molecule is COC(=O)c1ccc(CN(CCc2ccccc2)C(=O)c2ccc(Oc3cccc(OC)c3)cc2)cc1. The van der Waals surface area contributed by atoms with E-state index in [1.165, 1.54) is 7.11 Å². The summed E-state index contributed by atoms with van der Waals surface area (Å²) < 4.78 is 15.9. The lowest BCUT2D eigenvalue weighted by molar-refractivity contribution is 0.0600. The molecule has 0 saturated heterocycles. The Morgan fingerprint density at radius 3 is 2.03 bits per heavy atom. The molecule has 0 radical (unpaired) electrons. The molecule has 0 bridgehead atoms. The number of hydrogen-bond donors (Lipinski definition) is 0. The molecule has 0 heterocycles. The summed E-state index contributed by atoms with van der Waals surface area (Å²) in [5.74, 6) is 1.51. The van der Waals surface area contributed by atoms with Crippen LogP contribution in [-0.4, -0.2) is 37.5 Å². The lowest BCUT2D eigenvalue weighted by Crippen LogP contribution is -2.32. The lowest BCUT2D eigenvalue weighted by Gasteiger charge is -2.23. The molecule has 4 rings (SSSR count). The van der Waals surface area contributed by atoms with Crippen molar-refractivity contribution >= 4 is 11.9 Å². The summed E-state index contributed by atoms with van der Waals surface area (Å²) in [6.07, 6.45) is 0.726. The van der Waals surface area contributed by atoms with E-state index in [1.54, 1.807) is 49.6 Å². The Labute approximate surface area is 217 Å². The van der Waals surface area contributed by atoms with Gasteiger partial charge in [-0.25, -0.2) is 4.79 Å². The number of hydrogen-bond acceptors (Lipinski definition) is 5. The summed E-state index contributed by atoms with van der Waals surface area (Å²) in [6, 6.07) is 31.7. The molecule has 0 spiro atoms. The highest BCUT2D eigenvalue weighted by molar-refractivity contribution is 5.94. The summed E-state index contributed by atoms with van der Waals surface area (Å²) in [5, 5.41) is 0. The van der Waals surface area contributed by atoms with Gasteiger partial charge >= 0.3 is 5.97 Å². The normalized spacial score (nSPS) is 10.4. The third kappa shape index (κ3) is 6.98. The van der Waals surface area contributed by atoms with Crippen molar-refractivity contribution < 1.29 is 23.8 Å². The van der Waals surface area contributed by atoms with Crippen LogP contribution in [0.4, 0.5) is 0 Å². The number of rotatable bonds is 10. The molecule has 0 aliphatic heterocycles. The first-order valence-corrected chi connectivity index (χ1v) is 12.0. The Hall–Kier alpha value is -4.58. The van der Waals surface area contributed by atoms with Crippen LogP contribution >= 0.6 is 0 Å². The predicted octanol–water partition coefficient (Wildman–Crippen LogP) is 6.16. The van der Waals surface area contributed by atoms with Gasteiger partial charge in [-0.1, -0.05) is 48.5 Å². The predicted molar refractivity (Wildman–Crippen MR) is 142 cm³/mol. The monoisotopic (exact) mass is 495 g/mol. The lowest BCUT2D eigenvalue weighted by atomic mass is 10.1. The van der Waals surface area contributed by atoms with Crippen LogP contribution in [0.15, 0.2) is 103 Å². The van der Waals surface area contributed by atoms with Crippen LogP contribution < -0.4 is 9.47 Å². The summed E-state index contributed by atoms with van der Waals surface area (Å²) in [5.41, 5.74) is 3.12. The molecule has 4 aromatic rings. The summed E-state index contributed by atoms with van der Waals surface area (Å²) in [6.45, 7) is 0.957. The molecule has 0 saturated carbocycles. The topological polar surface area (TPSA) is 65.1 Å². The van der Waals surface area contributed by atoms with E-state index < -0.39 is 0 Å². The number of benzene rings is 4. The fraction of sp³-hybridized carbons (Fsp3) is 0.161. The van der Waals surface area contributed by atoms with Crippen molar-refractivity contribution in [2.45, 2.75) is 13.0 Å². The number of carbonyl (C=O) groups is 2. The number of nitrogens with zero attached hydrogens (tertiary/aromatic N) is 1. The molecular weight excluding hydrogens is 466 g/mol. The van der Waals surface area contributed by atoms with Crippen molar-refractivity contribution in [1.29, 1.82) is 0 Å². The van der Waals surface area contributed by atoms with Crippen molar-refractivity contribution in [3.05, 3.63) is 125 Å². The minimum absolute atomic E-state index is 0.0825. The first-order chi connectivity index (χ1) is 18.1. The average Bonchev–Trinajstić information content (AvgIpc) is 2.96. The van der Waals surface area contributed by atoms with Gasteiger partial charge in [0.15, 0.2) is 0 Å². The molecule has 6 heteroatoms. The average molecular weight is 496 g/mol. The fourth-order valence-electron chi connectivity index (χ4n) is 3.89. The summed E-state index contributed by atoms with van der Waals surface area (Å²) >= 11 is 0. The van der Waals surface area contributed by atoms with Gasteiger partial charge in [-0.3, -0.25) is 4.79 Å². The van der Waals surface area contributed by atoms with E-state index in [-0.39, 0.29) is 11.9 Å². The minimum atomic E-state index is -0.389. The molecule has 0 unspecified atom stereocenters. The molecule has 0 atom stereocenters. The van der Waals surface area contributed by atoms with Crippen LogP contribution in [0.2, 0.25) is 0 Å². The number of amides is 1. The summed E-state index contributed by atoms with van der Waals surface area (Å²) in [7, 11) is 2.96. The van der Waals surface area contributed by atoms with Gasteiger partial charge in [0.1, 0.15) is 17.2 Å². The second kappa shape index (κ2) is 12.4. The minimum Gasteiger partial charge on any atom is -0.497 e. The zero-order valence-electron chi connectivity index (χ0n) is 20.9. The van der Waals surface area contributed by atoms with Gasteiger partial charge in [0.2, 0.25) is 0 Å². The van der Waals surface area contributed by atoms with Crippen molar-refractivity contribution in [1.82, 2.24) is 4.90 Å². The van der Waals surface area contributed by atoms with E-state index in [9.17, 15) is 9.59 Å². The van der Waals surface area contributed by atoms with Crippen LogP contribution in [0.5, 0.6) is 17.2 Å². The van der Waals surface area contributed by atoms with E-state index in [0.29, 0.717) is 41.5 Å². The Balaban J connectivity index is 1.50. The molecular formula is C31H29NO5. The third-order valence-corrected chi connectivity index (χ3v) is 5.93. The zero-order valence-corrected chi connectivity index (χ0v) is 20.9. The molecule has 0 fully saturated rings. The van der Waals surface area contributed by atoms with Gasteiger partial charge in [0.25, 0.3) is 5.91 Å². The second-order valence-electron chi connectivity index (χ2n) is 8.46. The molecule has 4 aromatic carbocycles. The second-order valence-corrected chi connectivity index (χ2v) is 8.46. The first-order valence-electron chi connectivity index (χ1n) is 12.0. The van der Waals surface area contributed by atoms with Gasteiger partial charge in [0.05, 0.1) is 19.8 Å². The molecule has 37 heavy (non-hydrogen) atoms. The third-order valence-electron chi connectivity index (χ3n) is 5.93. The van der Waals surface area contributed by atoms with Gasteiger partial charge < -0.3 is 19.1 Å². The maximum Gasteiger partial charge on any atom is 0.337 e. The van der Waals surface area contributed by atoms with Crippen molar-refractivity contribution in [2.24, 2.45) is 0 Å². The van der Waals surface area contributed by atoms with Crippen molar-refractivity contribution in [3.8, 4) is 17.2 Å². The highest BCUT2D eigenvalue weighted by atomic mass is 16.5. The van der Waals surface area contributed by atoms with E-state index in [1.807, 2.05) is 53.4 Å².